The van der Waals surface area contributed by atoms with Crippen molar-refractivity contribution in [3.8, 4) is 5.82 Å². The van der Waals surface area contributed by atoms with Gasteiger partial charge in [-0.1, -0.05) is 0 Å². The van der Waals surface area contributed by atoms with E-state index in [1.807, 2.05) is 6.07 Å². The molecule has 1 aliphatic rings. The molecule has 0 spiro atoms. The molecule has 0 bridgehead atoms. The number of hydrogen-bond acceptors (Lipinski definition) is 4. The van der Waals surface area contributed by atoms with E-state index in [0.717, 1.165) is 5.56 Å². The number of pyridine rings is 1. The molecule has 1 amide bonds. The van der Waals surface area contributed by atoms with Crippen LogP contribution in [0.2, 0.25) is 0 Å². The number of rotatable bonds is 5. The van der Waals surface area contributed by atoms with Crippen LogP contribution in [0.1, 0.15) is 18.4 Å². The molecule has 26 heavy (non-hydrogen) atoms. The number of nitrogens with zero attached hydrogens (tertiary/aromatic N) is 4. The SMILES string of the molecule is O=C(NCc1ccnc(-n2ccnc2)c1)[C@H]1CCCN(CC(F)(F)F)C1. The van der Waals surface area contributed by atoms with Crippen molar-refractivity contribution in [2.75, 3.05) is 19.6 Å². The second-order valence-electron chi connectivity index (χ2n) is 6.40. The molecule has 140 valence electrons. The van der Waals surface area contributed by atoms with Gasteiger partial charge >= 0.3 is 6.18 Å². The highest BCUT2D eigenvalue weighted by atomic mass is 19.4. The van der Waals surface area contributed by atoms with Crippen molar-refractivity contribution in [3.63, 3.8) is 0 Å². The number of likely N-dealkylation sites (tertiary alicyclic amines) is 1. The topological polar surface area (TPSA) is 63.1 Å². The van der Waals surface area contributed by atoms with Gasteiger partial charge in [-0.2, -0.15) is 13.2 Å². The van der Waals surface area contributed by atoms with Crippen LogP contribution in [0.4, 0.5) is 13.2 Å². The standard InChI is InChI=1S/C17H20F3N5O/c18-17(19,20)11-24-6-1-2-14(10-24)16(26)23-9-13-3-4-22-15(8-13)25-7-5-21-12-25/h3-5,7-8,12,14H,1-2,6,9-11H2,(H,23,26)/t14-/m0/s1. The monoisotopic (exact) mass is 367 g/mol. The highest BCUT2D eigenvalue weighted by molar-refractivity contribution is 5.79. The summed E-state index contributed by atoms with van der Waals surface area (Å²) in [5.74, 6) is 0.0576. The maximum absolute atomic E-state index is 12.5. The molecule has 0 saturated carbocycles. The van der Waals surface area contributed by atoms with Gasteiger partial charge in [-0.3, -0.25) is 14.3 Å². The number of nitrogens with one attached hydrogen (secondary N) is 1. The Bertz CT molecular complexity index is 732. The van der Waals surface area contributed by atoms with Gasteiger partial charge in [0, 0.05) is 31.7 Å². The van der Waals surface area contributed by atoms with Crippen LogP contribution in [0.5, 0.6) is 0 Å². The maximum atomic E-state index is 12.5. The summed E-state index contributed by atoms with van der Waals surface area (Å²) < 4.78 is 39.4. The zero-order valence-corrected chi connectivity index (χ0v) is 14.1. The highest BCUT2D eigenvalue weighted by Crippen LogP contribution is 2.22. The van der Waals surface area contributed by atoms with Crippen LogP contribution < -0.4 is 5.32 Å². The number of piperidine rings is 1. The lowest BCUT2D eigenvalue weighted by Gasteiger charge is -2.32. The van der Waals surface area contributed by atoms with Crippen LogP contribution in [-0.2, 0) is 11.3 Å². The van der Waals surface area contributed by atoms with E-state index >= 15 is 0 Å². The number of hydrogen-bond donors (Lipinski definition) is 1. The molecule has 1 aliphatic heterocycles. The molecule has 3 heterocycles. The molecule has 1 N–H and O–H groups in total. The van der Waals surface area contributed by atoms with Crippen LogP contribution in [-0.4, -0.2) is 51.2 Å². The second-order valence-corrected chi connectivity index (χ2v) is 6.40. The number of carbonyl (C=O) groups excluding carboxylic acids is 1. The average Bonchev–Trinajstić information content (AvgIpc) is 3.13. The van der Waals surface area contributed by atoms with E-state index in [9.17, 15) is 18.0 Å². The molecule has 9 heteroatoms. The molecular weight excluding hydrogens is 347 g/mol. The Morgan fingerprint density at radius 2 is 2.19 bits per heavy atom. The lowest BCUT2D eigenvalue weighted by Crippen LogP contribution is -2.45. The van der Waals surface area contributed by atoms with E-state index in [4.69, 9.17) is 0 Å². The van der Waals surface area contributed by atoms with Crippen LogP contribution in [0.15, 0.2) is 37.1 Å². The van der Waals surface area contributed by atoms with Gasteiger partial charge in [-0.05, 0) is 37.1 Å². The summed E-state index contributed by atoms with van der Waals surface area (Å²) in [5.41, 5.74) is 0.861. The maximum Gasteiger partial charge on any atom is 0.401 e. The van der Waals surface area contributed by atoms with Gasteiger partial charge in [-0.25, -0.2) is 9.97 Å². The predicted molar refractivity (Wildman–Crippen MR) is 88.4 cm³/mol. The molecule has 6 nitrogen and oxygen atoms in total. The van der Waals surface area contributed by atoms with Crippen LogP contribution in [0.3, 0.4) is 0 Å². The Morgan fingerprint density at radius 1 is 1.35 bits per heavy atom. The normalized spacial score (nSPS) is 18.7. The molecule has 1 fully saturated rings. The van der Waals surface area contributed by atoms with E-state index in [-0.39, 0.29) is 12.5 Å². The first kappa shape index (κ1) is 18.4. The fourth-order valence-electron chi connectivity index (χ4n) is 3.11. The number of alkyl halides is 3. The van der Waals surface area contributed by atoms with Gasteiger partial charge in [-0.15, -0.1) is 0 Å². The van der Waals surface area contributed by atoms with E-state index in [1.165, 1.54) is 4.90 Å². The van der Waals surface area contributed by atoms with Crippen LogP contribution >= 0.6 is 0 Å². The van der Waals surface area contributed by atoms with Crippen molar-refractivity contribution in [2.24, 2.45) is 5.92 Å². The first-order chi connectivity index (χ1) is 12.4. The number of aromatic nitrogens is 3. The Hall–Kier alpha value is -2.42. The summed E-state index contributed by atoms with van der Waals surface area (Å²) in [6.45, 7) is -0.141. The van der Waals surface area contributed by atoms with Crippen molar-refractivity contribution in [3.05, 3.63) is 42.6 Å². The highest BCUT2D eigenvalue weighted by Gasteiger charge is 2.34. The zero-order valence-electron chi connectivity index (χ0n) is 14.1. The van der Waals surface area contributed by atoms with E-state index < -0.39 is 18.6 Å². The smallest absolute Gasteiger partial charge is 0.352 e. The second kappa shape index (κ2) is 7.86. The largest absolute Gasteiger partial charge is 0.401 e. The number of halogens is 3. The molecule has 0 aromatic carbocycles. The number of imidazole rings is 1. The molecule has 1 saturated heterocycles. The van der Waals surface area contributed by atoms with E-state index in [1.54, 1.807) is 35.6 Å². The van der Waals surface area contributed by atoms with Crippen molar-refractivity contribution in [2.45, 2.75) is 25.6 Å². The van der Waals surface area contributed by atoms with Crippen molar-refractivity contribution in [1.29, 1.82) is 0 Å². The fraction of sp³-hybridized carbons (Fsp3) is 0.471. The third-order valence-corrected chi connectivity index (χ3v) is 4.32. The van der Waals surface area contributed by atoms with Crippen molar-refractivity contribution < 1.29 is 18.0 Å². The summed E-state index contributed by atoms with van der Waals surface area (Å²) in [6, 6.07) is 3.62. The molecule has 0 radical (unpaired) electrons. The average molecular weight is 367 g/mol. The predicted octanol–water partition coefficient (Wildman–Crippen LogP) is 2.16. The van der Waals surface area contributed by atoms with Crippen LogP contribution in [0.25, 0.3) is 5.82 Å². The minimum Gasteiger partial charge on any atom is -0.352 e. The summed E-state index contributed by atoms with van der Waals surface area (Å²) in [5, 5.41) is 2.83. The quantitative estimate of drug-likeness (QED) is 0.880. The number of amides is 1. The minimum absolute atomic E-state index is 0.141. The summed E-state index contributed by atoms with van der Waals surface area (Å²) in [6.07, 6.45) is 3.64. The molecule has 2 aromatic heterocycles. The Balaban J connectivity index is 1.54. The third kappa shape index (κ3) is 5.04. The Kier molecular flexibility index (Phi) is 5.55. The van der Waals surface area contributed by atoms with Gasteiger partial charge in [0.2, 0.25) is 5.91 Å². The molecule has 3 rings (SSSR count). The Morgan fingerprint density at radius 3 is 2.92 bits per heavy atom. The van der Waals surface area contributed by atoms with Gasteiger partial charge in [0.15, 0.2) is 0 Å². The summed E-state index contributed by atoms with van der Waals surface area (Å²) >= 11 is 0. The van der Waals surface area contributed by atoms with Gasteiger partial charge in [0.1, 0.15) is 12.1 Å². The molecule has 1 atom stereocenters. The summed E-state index contributed by atoms with van der Waals surface area (Å²) in [4.78, 5) is 21.9. The summed E-state index contributed by atoms with van der Waals surface area (Å²) in [7, 11) is 0. The minimum atomic E-state index is -4.24. The Labute approximate surface area is 149 Å². The van der Waals surface area contributed by atoms with Gasteiger partial charge < -0.3 is 5.32 Å². The van der Waals surface area contributed by atoms with Crippen LogP contribution in [0, 0.1) is 5.92 Å². The van der Waals surface area contributed by atoms with Crippen molar-refractivity contribution >= 4 is 5.91 Å². The molecular formula is C17H20F3N5O. The van der Waals surface area contributed by atoms with Gasteiger partial charge in [0.05, 0.1) is 12.5 Å². The van der Waals surface area contributed by atoms with Crippen molar-refractivity contribution in [1.82, 2.24) is 24.8 Å². The molecule has 0 aliphatic carbocycles. The van der Waals surface area contributed by atoms with E-state index in [0.29, 0.717) is 31.7 Å². The third-order valence-electron chi connectivity index (χ3n) is 4.32. The first-order valence-corrected chi connectivity index (χ1v) is 8.41. The molecule has 0 unspecified atom stereocenters. The zero-order chi connectivity index (χ0) is 18.6. The fourth-order valence-corrected chi connectivity index (χ4v) is 3.11. The number of carbonyl (C=O) groups is 1. The lowest BCUT2D eigenvalue weighted by atomic mass is 9.97. The van der Waals surface area contributed by atoms with E-state index in [2.05, 4.69) is 15.3 Å². The van der Waals surface area contributed by atoms with Gasteiger partial charge in [0.25, 0.3) is 0 Å². The molecule has 2 aromatic rings. The lowest BCUT2D eigenvalue weighted by molar-refractivity contribution is -0.152. The first-order valence-electron chi connectivity index (χ1n) is 8.41.